The Morgan fingerprint density at radius 2 is 2.16 bits per heavy atom. The van der Waals surface area contributed by atoms with E-state index in [0.717, 1.165) is 5.56 Å². The molecule has 0 bridgehead atoms. The predicted molar refractivity (Wildman–Crippen MR) is 75.3 cm³/mol. The summed E-state index contributed by atoms with van der Waals surface area (Å²) in [4.78, 5) is 11.0. The minimum atomic E-state index is -0.722. The van der Waals surface area contributed by atoms with Crippen LogP contribution in [-0.4, -0.2) is 15.6 Å². The van der Waals surface area contributed by atoms with Crippen LogP contribution in [0, 0.1) is 5.92 Å². The van der Waals surface area contributed by atoms with Crippen molar-refractivity contribution in [1.82, 2.24) is 4.57 Å². The molecule has 1 saturated carbocycles. The Balaban J connectivity index is 2.01. The number of para-hydroxylation sites is 1. The Hall–Kier alpha value is -1.77. The van der Waals surface area contributed by atoms with Crippen LogP contribution in [0.5, 0.6) is 0 Å². The monoisotopic (exact) mass is 257 g/mol. The number of rotatable bonds is 4. The number of fused-ring (bicyclic) bond motifs is 1. The van der Waals surface area contributed by atoms with Crippen LogP contribution in [0.2, 0.25) is 0 Å². The van der Waals surface area contributed by atoms with Gasteiger partial charge in [-0.2, -0.15) is 0 Å². The average Bonchev–Trinajstić information content (AvgIpc) is 2.67. The summed E-state index contributed by atoms with van der Waals surface area (Å²) in [6.45, 7) is 1.78. The van der Waals surface area contributed by atoms with E-state index >= 15 is 0 Å². The first-order valence-electron chi connectivity index (χ1n) is 6.98. The Kier molecular flexibility index (Phi) is 3.05. The molecule has 1 fully saturated rings. The number of carboxylic acids is 1. The molecule has 1 unspecified atom stereocenters. The van der Waals surface area contributed by atoms with Crippen LogP contribution in [0.15, 0.2) is 30.5 Å². The van der Waals surface area contributed by atoms with Gasteiger partial charge in [0.1, 0.15) is 0 Å². The SMILES string of the molecule is CC(Cc1cn(C2CCC2)c2ccccc12)C(=O)O. The van der Waals surface area contributed by atoms with Crippen molar-refractivity contribution in [3.8, 4) is 0 Å². The topological polar surface area (TPSA) is 42.2 Å². The lowest BCUT2D eigenvalue weighted by atomic mass is 9.93. The second kappa shape index (κ2) is 4.72. The molecule has 3 rings (SSSR count). The van der Waals surface area contributed by atoms with Crippen molar-refractivity contribution in [3.63, 3.8) is 0 Å². The Morgan fingerprint density at radius 3 is 2.79 bits per heavy atom. The van der Waals surface area contributed by atoms with Gasteiger partial charge in [-0.05, 0) is 37.3 Å². The summed E-state index contributed by atoms with van der Waals surface area (Å²) in [6.07, 6.45) is 6.57. The number of hydrogen-bond donors (Lipinski definition) is 1. The van der Waals surface area contributed by atoms with Gasteiger partial charge in [-0.15, -0.1) is 0 Å². The Morgan fingerprint density at radius 1 is 1.42 bits per heavy atom. The average molecular weight is 257 g/mol. The zero-order chi connectivity index (χ0) is 13.4. The summed E-state index contributed by atoms with van der Waals surface area (Å²) in [5.74, 6) is -1.05. The lowest BCUT2D eigenvalue weighted by molar-refractivity contribution is -0.141. The second-order valence-electron chi connectivity index (χ2n) is 5.61. The first kappa shape index (κ1) is 12.3. The minimum Gasteiger partial charge on any atom is -0.481 e. The van der Waals surface area contributed by atoms with Crippen LogP contribution in [0.3, 0.4) is 0 Å². The number of aliphatic carboxylic acids is 1. The molecular formula is C16H19NO2. The van der Waals surface area contributed by atoms with Crippen molar-refractivity contribution in [2.24, 2.45) is 5.92 Å². The summed E-state index contributed by atoms with van der Waals surface area (Å²) in [6, 6.07) is 8.94. The molecule has 1 aromatic heterocycles. The van der Waals surface area contributed by atoms with E-state index in [0.29, 0.717) is 12.5 Å². The van der Waals surface area contributed by atoms with Crippen molar-refractivity contribution in [2.45, 2.75) is 38.6 Å². The number of aromatic nitrogens is 1. The van der Waals surface area contributed by atoms with Gasteiger partial charge >= 0.3 is 5.97 Å². The molecule has 1 aliphatic carbocycles. The van der Waals surface area contributed by atoms with Crippen LogP contribution >= 0.6 is 0 Å². The van der Waals surface area contributed by atoms with Crippen molar-refractivity contribution in [1.29, 1.82) is 0 Å². The molecule has 0 saturated heterocycles. The van der Waals surface area contributed by atoms with Gasteiger partial charge in [0, 0.05) is 23.1 Å². The van der Waals surface area contributed by atoms with Gasteiger partial charge in [0.2, 0.25) is 0 Å². The molecule has 1 aromatic carbocycles. The van der Waals surface area contributed by atoms with E-state index in [-0.39, 0.29) is 5.92 Å². The van der Waals surface area contributed by atoms with Gasteiger partial charge in [-0.1, -0.05) is 25.1 Å². The fraction of sp³-hybridized carbons (Fsp3) is 0.438. The van der Waals surface area contributed by atoms with E-state index in [1.54, 1.807) is 6.92 Å². The standard InChI is InChI=1S/C16H19NO2/c1-11(16(18)19)9-12-10-17(13-5-4-6-13)15-8-3-2-7-14(12)15/h2-3,7-8,10-11,13H,4-6,9H2,1H3,(H,18,19). The molecule has 0 amide bonds. The molecule has 100 valence electrons. The molecule has 1 aliphatic rings. The molecule has 2 aromatic rings. The highest BCUT2D eigenvalue weighted by Crippen LogP contribution is 2.36. The molecule has 1 N–H and O–H groups in total. The highest BCUT2D eigenvalue weighted by atomic mass is 16.4. The third kappa shape index (κ3) is 2.14. The van der Waals surface area contributed by atoms with Gasteiger partial charge in [-0.25, -0.2) is 0 Å². The van der Waals surface area contributed by atoms with Crippen molar-refractivity contribution < 1.29 is 9.90 Å². The maximum absolute atomic E-state index is 11.0. The molecule has 0 radical (unpaired) electrons. The van der Waals surface area contributed by atoms with Crippen molar-refractivity contribution in [3.05, 3.63) is 36.0 Å². The minimum absolute atomic E-state index is 0.333. The van der Waals surface area contributed by atoms with Crippen LogP contribution in [0.4, 0.5) is 0 Å². The van der Waals surface area contributed by atoms with Crippen LogP contribution < -0.4 is 0 Å². The molecule has 0 aliphatic heterocycles. The van der Waals surface area contributed by atoms with Gasteiger partial charge < -0.3 is 9.67 Å². The fourth-order valence-electron chi connectivity index (χ4n) is 2.82. The number of nitrogens with zero attached hydrogens (tertiary/aromatic N) is 1. The first-order valence-corrected chi connectivity index (χ1v) is 6.98. The highest BCUT2D eigenvalue weighted by Gasteiger charge is 2.23. The third-order valence-corrected chi connectivity index (χ3v) is 4.24. The zero-order valence-corrected chi connectivity index (χ0v) is 11.2. The lowest BCUT2D eigenvalue weighted by Crippen LogP contribution is -2.16. The predicted octanol–water partition coefficient (Wildman–Crippen LogP) is 3.63. The quantitative estimate of drug-likeness (QED) is 0.908. The molecule has 0 spiro atoms. The van der Waals surface area contributed by atoms with E-state index in [2.05, 4.69) is 29.0 Å². The number of hydrogen-bond acceptors (Lipinski definition) is 1. The molecule has 1 heterocycles. The van der Waals surface area contributed by atoms with Crippen LogP contribution in [0.25, 0.3) is 10.9 Å². The van der Waals surface area contributed by atoms with Gasteiger partial charge in [0.05, 0.1) is 5.92 Å². The van der Waals surface area contributed by atoms with E-state index in [1.165, 1.54) is 30.2 Å². The van der Waals surface area contributed by atoms with E-state index < -0.39 is 5.97 Å². The van der Waals surface area contributed by atoms with E-state index in [1.807, 2.05) is 6.07 Å². The van der Waals surface area contributed by atoms with Crippen LogP contribution in [0.1, 0.15) is 37.8 Å². The number of carboxylic acid groups (broad SMARTS) is 1. The fourth-order valence-corrected chi connectivity index (χ4v) is 2.82. The summed E-state index contributed by atoms with van der Waals surface area (Å²) in [5.41, 5.74) is 2.41. The molecular weight excluding hydrogens is 238 g/mol. The largest absolute Gasteiger partial charge is 0.481 e. The maximum atomic E-state index is 11.0. The molecule has 1 atom stereocenters. The Labute approximate surface area is 112 Å². The number of benzene rings is 1. The molecule has 3 nitrogen and oxygen atoms in total. The second-order valence-corrected chi connectivity index (χ2v) is 5.61. The Bertz CT molecular complexity index is 610. The van der Waals surface area contributed by atoms with Gasteiger partial charge in [0.25, 0.3) is 0 Å². The first-order chi connectivity index (χ1) is 9.16. The third-order valence-electron chi connectivity index (χ3n) is 4.24. The summed E-state index contributed by atoms with van der Waals surface area (Å²) in [7, 11) is 0. The highest BCUT2D eigenvalue weighted by molar-refractivity contribution is 5.84. The summed E-state index contributed by atoms with van der Waals surface area (Å²) >= 11 is 0. The van der Waals surface area contributed by atoms with Gasteiger partial charge in [0.15, 0.2) is 0 Å². The lowest BCUT2D eigenvalue weighted by Gasteiger charge is -2.28. The molecule has 3 heteroatoms. The van der Waals surface area contributed by atoms with E-state index in [9.17, 15) is 4.79 Å². The normalized spacial score (nSPS) is 17.3. The number of carbonyl (C=O) groups is 1. The van der Waals surface area contributed by atoms with Crippen LogP contribution in [-0.2, 0) is 11.2 Å². The maximum Gasteiger partial charge on any atom is 0.306 e. The smallest absolute Gasteiger partial charge is 0.306 e. The van der Waals surface area contributed by atoms with Crippen molar-refractivity contribution in [2.75, 3.05) is 0 Å². The summed E-state index contributed by atoms with van der Waals surface area (Å²) < 4.78 is 2.35. The van der Waals surface area contributed by atoms with E-state index in [4.69, 9.17) is 5.11 Å². The molecule has 19 heavy (non-hydrogen) atoms. The zero-order valence-electron chi connectivity index (χ0n) is 11.2. The summed E-state index contributed by atoms with van der Waals surface area (Å²) in [5, 5.41) is 10.3. The van der Waals surface area contributed by atoms with Gasteiger partial charge in [-0.3, -0.25) is 4.79 Å². The van der Waals surface area contributed by atoms with Crippen molar-refractivity contribution >= 4 is 16.9 Å².